The fourth-order valence-electron chi connectivity index (χ4n) is 1.72. The molecular formula is C15H18NOP. The maximum Gasteiger partial charge on any atom is 0.167 e. The van der Waals surface area contributed by atoms with E-state index in [2.05, 4.69) is 59.1 Å². The van der Waals surface area contributed by atoms with Crippen LogP contribution in [-0.2, 0) is 5.41 Å². The molecule has 0 saturated carbocycles. The predicted octanol–water partition coefficient (Wildman–Crippen LogP) is 4.32. The molecular weight excluding hydrogens is 241 g/mol. The van der Waals surface area contributed by atoms with E-state index in [0.29, 0.717) is 0 Å². The van der Waals surface area contributed by atoms with Gasteiger partial charge in [0.05, 0.1) is 0 Å². The molecule has 0 aliphatic heterocycles. The van der Waals surface area contributed by atoms with Crippen molar-refractivity contribution < 1.29 is 4.52 Å². The standard InChI is InChI=1S/C15H18NOP/c1-10(18)13-9-14(17-16-13)11-5-7-12(8-6-11)15(2,3)4/h5-9,18H,1-4H3. The molecule has 0 amide bonds. The molecule has 0 spiro atoms. The van der Waals surface area contributed by atoms with Crippen molar-refractivity contribution in [2.45, 2.75) is 33.1 Å². The predicted molar refractivity (Wildman–Crippen MR) is 78.7 cm³/mol. The molecule has 1 aromatic heterocycles. The van der Waals surface area contributed by atoms with E-state index >= 15 is 0 Å². The minimum Gasteiger partial charge on any atom is -0.356 e. The average molecular weight is 259 g/mol. The van der Waals surface area contributed by atoms with Gasteiger partial charge in [-0.3, -0.25) is 0 Å². The third-order valence-electron chi connectivity index (χ3n) is 2.93. The van der Waals surface area contributed by atoms with Crippen molar-refractivity contribution in [1.82, 2.24) is 5.16 Å². The summed E-state index contributed by atoms with van der Waals surface area (Å²) >= 11 is 0. The van der Waals surface area contributed by atoms with Gasteiger partial charge in [-0.1, -0.05) is 50.2 Å². The summed E-state index contributed by atoms with van der Waals surface area (Å²) in [6, 6.07) is 10.4. The molecule has 0 saturated heterocycles. The molecule has 0 N–H and O–H groups in total. The molecule has 18 heavy (non-hydrogen) atoms. The molecule has 0 atom stereocenters. The van der Waals surface area contributed by atoms with Gasteiger partial charge in [-0.25, -0.2) is 0 Å². The molecule has 94 valence electrons. The summed E-state index contributed by atoms with van der Waals surface area (Å²) < 4.78 is 5.34. The van der Waals surface area contributed by atoms with Gasteiger partial charge in [0, 0.05) is 11.6 Å². The third-order valence-corrected chi connectivity index (χ3v) is 3.19. The first-order valence-corrected chi connectivity index (χ1v) is 6.51. The summed E-state index contributed by atoms with van der Waals surface area (Å²) in [7, 11) is 3.45. The van der Waals surface area contributed by atoms with Gasteiger partial charge in [0.1, 0.15) is 5.69 Å². The average Bonchev–Trinajstić information content (AvgIpc) is 2.77. The molecule has 0 aliphatic carbocycles. The Balaban J connectivity index is 2.31. The van der Waals surface area contributed by atoms with E-state index in [1.54, 1.807) is 0 Å². The van der Waals surface area contributed by atoms with Crippen LogP contribution in [0.3, 0.4) is 0 Å². The molecule has 2 aromatic rings. The molecule has 3 heteroatoms. The monoisotopic (exact) mass is 259 g/mol. The van der Waals surface area contributed by atoms with E-state index in [1.807, 2.05) is 13.0 Å². The normalized spacial score (nSPS) is 11.6. The highest BCUT2D eigenvalue weighted by Crippen LogP contribution is 2.26. The Bertz CT molecular complexity index is 561. The Kier molecular flexibility index (Phi) is 3.41. The summed E-state index contributed by atoms with van der Waals surface area (Å²) in [6.07, 6.45) is 0. The van der Waals surface area contributed by atoms with Crippen molar-refractivity contribution >= 4 is 14.2 Å². The van der Waals surface area contributed by atoms with Gasteiger partial charge in [0.2, 0.25) is 0 Å². The Hall–Kier alpha value is -1.40. The largest absolute Gasteiger partial charge is 0.356 e. The maximum absolute atomic E-state index is 5.34. The van der Waals surface area contributed by atoms with Crippen molar-refractivity contribution in [2.24, 2.45) is 0 Å². The lowest BCUT2D eigenvalue weighted by molar-refractivity contribution is 0.431. The molecule has 0 radical (unpaired) electrons. The van der Waals surface area contributed by atoms with E-state index < -0.39 is 0 Å². The molecule has 0 bridgehead atoms. The Morgan fingerprint density at radius 2 is 1.78 bits per heavy atom. The van der Waals surface area contributed by atoms with Gasteiger partial charge in [0.15, 0.2) is 5.76 Å². The van der Waals surface area contributed by atoms with Crippen LogP contribution in [0.1, 0.15) is 39.0 Å². The minimum absolute atomic E-state index is 0.172. The zero-order valence-corrected chi connectivity index (χ0v) is 12.2. The number of hydrogen-bond acceptors (Lipinski definition) is 2. The van der Waals surface area contributed by atoms with Crippen molar-refractivity contribution in [2.75, 3.05) is 0 Å². The number of aromatic nitrogens is 1. The third kappa shape index (κ3) is 2.70. The molecule has 1 heterocycles. The number of benzene rings is 1. The lowest BCUT2D eigenvalue weighted by Gasteiger charge is -2.18. The summed E-state index contributed by atoms with van der Waals surface area (Å²) in [5, 5.41) is 4.97. The van der Waals surface area contributed by atoms with Crippen LogP contribution in [0.15, 0.2) is 34.9 Å². The molecule has 2 nitrogen and oxygen atoms in total. The zero-order valence-electron chi connectivity index (χ0n) is 11.2. The van der Waals surface area contributed by atoms with Gasteiger partial charge in [-0.05, 0) is 23.2 Å². The lowest BCUT2D eigenvalue weighted by Crippen LogP contribution is -2.10. The van der Waals surface area contributed by atoms with Crippen LogP contribution in [-0.4, -0.2) is 10.5 Å². The number of hydrogen-bond donors (Lipinski definition) is 0. The minimum atomic E-state index is 0.172. The Morgan fingerprint density at radius 1 is 1.17 bits per heavy atom. The quantitative estimate of drug-likeness (QED) is 0.750. The van der Waals surface area contributed by atoms with Crippen molar-refractivity contribution in [3.8, 4) is 11.3 Å². The lowest BCUT2D eigenvalue weighted by atomic mass is 9.86. The zero-order chi connectivity index (χ0) is 13.3. The van der Waals surface area contributed by atoms with Gasteiger partial charge in [-0.15, -0.1) is 8.86 Å². The van der Waals surface area contributed by atoms with Gasteiger partial charge >= 0.3 is 0 Å². The van der Waals surface area contributed by atoms with Gasteiger partial charge in [0.25, 0.3) is 0 Å². The van der Waals surface area contributed by atoms with Crippen LogP contribution in [0, 0.1) is 0 Å². The Morgan fingerprint density at radius 3 is 2.22 bits per heavy atom. The van der Waals surface area contributed by atoms with Crippen molar-refractivity contribution in [1.29, 1.82) is 0 Å². The molecule has 0 unspecified atom stereocenters. The van der Waals surface area contributed by atoms with Crippen LogP contribution in [0.25, 0.3) is 11.3 Å². The number of nitrogens with zero attached hydrogens (tertiary/aromatic N) is 1. The van der Waals surface area contributed by atoms with Crippen molar-refractivity contribution in [3.63, 3.8) is 0 Å². The SMILES string of the molecule is CC(=P)c1cc(-c2ccc(C(C)(C)C)cc2)on1. The number of rotatable bonds is 2. The van der Waals surface area contributed by atoms with E-state index in [9.17, 15) is 0 Å². The summed E-state index contributed by atoms with van der Waals surface area (Å²) in [6.45, 7) is 8.56. The van der Waals surface area contributed by atoms with Crippen LogP contribution < -0.4 is 0 Å². The van der Waals surface area contributed by atoms with Crippen LogP contribution >= 0.6 is 8.86 Å². The molecule has 1 aromatic carbocycles. The topological polar surface area (TPSA) is 26.0 Å². The smallest absolute Gasteiger partial charge is 0.167 e. The van der Waals surface area contributed by atoms with E-state index in [1.165, 1.54) is 5.56 Å². The maximum atomic E-state index is 5.34. The fraction of sp³-hybridized carbons (Fsp3) is 0.333. The molecule has 0 aliphatic rings. The van der Waals surface area contributed by atoms with E-state index in [-0.39, 0.29) is 5.41 Å². The van der Waals surface area contributed by atoms with E-state index in [0.717, 1.165) is 22.3 Å². The first kappa shape index (κ1) is 13.0. The summed E-state index contributed by atoms with van der Waals surface area (Å²) in [4.78, 5) is 0. The van der Waals surface area contributed by atoms with Crippen molar-refractivity contribution in [3.05, 3.63) is 41.6 Å². The first-order valence-electron chi connectivity index (χ1n) is 6.01. The second kappa shape index (κ2) is 4.70. The van der Waals surface area contributed by atoms with Gasteiger partial charge in [-0.2, -0.15) is 0 Å². The Labute approximate surface area is 110 Å². The fourth-order valence-corrected chi connectivity index (χ4v) is 1.84. The van der Waals surface area contributed by atoms with E-state index in [4.69, 9.17) is 4.52 Å². The summed E-state index contributed by atoms with van der Waals surface area (Å²) in [5.41, 5.74) is 3.37. The van der Waals surface area contributed by atoms with Crippen LogP contribution in [0.2, 0.25) is 0 Å². The van der Waals surface area contributed by atoms with Crippen LogP contribution in [0.4, 0.5) is 0 Å². The van der Waals surface area contributed by atoms with Gasteiger partial charge < -0.3 is 4.52 Å². The molecule has 0 fully saturated rings. The highest BCUT2D eigenvalue weighted by Gasteiger charge is 2.14. The highest BCUT2D eigenvalue weighted by molar-refractivity contribution is 7.21. The summed E-state index contributed by atoms with van der Waals surface area (Å²) in [5.74, 6) is 0.794. The second-order valence-corrected chi connectivity index (χ2v) is 6.28. The van der Waals surface area contributed by atoms with Crippen LogP contribution in [0.5, 0.6) is 0 Å². The second-order valence-electron chi connectivity index (χ2n) is 5.53. The molecule has 2 rings (SSSR count). The highest BCUT2D eigenvalue weighted by atomic mass is 31.0. The first-order chi connectivity index (χ1) is 8.38.